The van der Waals surface area contributed by atoms with Crippen LogP contribution in [-0.2, 0) is 0 Å². The molecule has 149 valence electrons. The van der Waals surface area contributed by atoms with Gasteiger partial charge in [0.2, 0.25) is 0 Å². The van der Waals surface area contributed by atoms with E-state index in [0.29, 0.717) is 10.0 Å². The SMILES string of the molecule is Cc1ccc(C)c(-c2c[c]c(Cl)c(-c3cccc(Cl)c3)c2-c2cccc(C)c2C)c1. The Hall–Kier alpha value is -2.54. The van der Waals surface area contributed by atoms with E-state index in [1.807, 2.05) is 24.3 Å². The zero-order valence-corrected chi connectivity index (χ0v) is 19.1. The minimum Gasteiger partial charge on any atom is -0.0843 e. The first-order valence-corrected chi connectivity index (χ1v) is 10.8. The van der Waals surface area contributed by atoms with Crippen molar-refractivity contribution in [3.05, 3.63) is 105 Å². The third-order valence-electron chi connectivity index (χ3n) is 5.75. The zero-order valence-electron chi connectivity index (χ0n) is 17.6. The van der Waals surface area contributed by atoms with Gasteiger partial charge in [0.05, 0.1) is 5.02 Å². The van der Waals surface area contributed by atoms with E-state index < -0.39 is 0 Å². The van der Waals surface area contributed by atoms with Crippen LogP contribution in [0.4, 0.5) is 0 Å². The summed E-state index contributed by atoms with van der Waals surface area (Å²) in [6.45, 7) is 8.59. The lowest BCUT2D eigenvalue weighted by Crippen LogP contribution is -1.97. The van der Waals surface area contributed by atoms with Crippen LogP contribution < -0.4 is 0 Å². The molecule has 0 heterocycles. The lowest BCUT2D eigenvalue weighted by Gasteiger charge is -2.21. The smallest absolute Gasteiger partial charge is 0.0570 e. The summed E-state index contributed by atoms with van der Waals surface area (Å²) in [5.74, 6) is 0. The molecule has 1 radical (unpaired) electrons. The van der Waals surface area contributed by atoms with Crippen LogP contribution in [0.3, 0.4) is 0 Å². The second-order valence-electron chi connectivity index (χ2n) is 7.84. The Morgan fingerprint density at radius 2 is 1.43 bits per heavy atom. The van der Waals surface area contributed by atoms with E-state index in [1.165, 1.54) is 33.4 Å². The molecule has 0 aliphatic heterocycles. The molecule has 0 N–H and O–H groups in total. The topological polar surface area (TPSA) is 0 Å². The van der Waals surface area contributed by atoms with Crippen molar-refractivity contribution in [3.63, 3.8) is 0 Å². The summed E-state index contributed by atoms with van der Waals surface area (Å²) < 4.78 is 0. The second-order valence-corrected chi connectivity index (χ2v) is 8.66. The maximum atomic E-state index is 6.79. The fourth-order valence-electron chi connectivity index (χ4n) is 3.98. The summed E-state index contributed by atoms with van der Waals surface area (Å²) in [5.41, 5.74) is 11.5. The van der Waals surface area contributed by atoms with Crippen LogP contribution in [0, 0.1) is 33.8 Å². The van der Waals surface area contributed by atoms with E-state index >= 15 is 0 Å². The summed E-state index contributed by atoms with van der Waals surface area (Å²) in [7, 11) is 0. The van der Waals surface area contributed by atoms with Crippen molar-refractivity contribution in [2.45, 2.75) is 27.7 Å². The molecule has 4 aromatic rings. The maximum absolute atomic E-state index is 6.79. The molecule has 0 aliphatic rings. The van der Waals surface area contributed by atoms with E-state index in [2.05, 4.69) is 76.2 Å². The van der Waals surface area contributed by atoms with Gasteiger partial charge in [0.1, 0.15) is 0 Å². The molecule has 0 spiro atoms. The Labute approximate surface area is 189 Å². The minimum absolute atomic E-state index is 0.599. The predicted molar refractivity (Wildman–Crippen MR) is 131 cm³/mol. The number of rotatable bonds is 3. The summed E-state index contributed by atoms with van der Waals surface area (Å²) in [5, 5.41) is 1.29. The van der Waals surface area contributed by atoms with Crippen LogP contribution in [-0.4, -0.2) is 0 Å². The van der Waals surface area contributed by atoms with Gasteiger partial charge in [0, 0.05) is 16.7 Å². The molecule has 4 aromatic carbocycles. The quantitative estimate of drug-likeness (QED) is 0.304. The molecule has 0 aliphatic carbocycles. The first-order valence-electron chi connectivity index (χ1n) is 10.0. The van der Waals surface area contributed by atoms with Gasteiger partial charge in [-0.2, -0.15) is 0 Å². The van der Waals surface area contributed by atoms with Crippen LogP contribution in [0.2, 0.25) is 10.0 Å². The Balaban J connectivity index is 2.16. The lowest BCUT2D eigenvalue weighted by molar-refractivity contribution is 1.34. The fraction of sp³-hybridized carbons (Fsp3) is 0.143. The van der Waals surface area contributed by atoms with Crippen molar-refractivity contribution in [3.8, 4) is 33.4 Å². The van der Waals surface area contributed by atoms with Crippen molar-refractivity contribution >= 4 is 23.2 Å². The molecule has 0 aromatic heterocycles. The third kappa shape index (κ3) is 3.78. The minimum atomic E-state index is 0.599. The monoisotopic (exact) mass is 429 g/mol. The molecule has 0 fully saturated rings. The lowest BCUT2D eigenvalue weighted by atomic mass is 9.84. The van der Waals surface area contributed by atoms with Gasteiger partial charge in [-0.1, -0.05) is 77.3 Å². The maximum Gasteiger partial charge on any atom is 0.0570 e. The van der Waals surface area contributed by atoms with Crippen molar-refractivity contribution in [1.82, 2.24) is 0 Å². The summed E-state index contributed by atoms with van der Waals surface area (Å²) >= 11 is 13.1. The number of hydrogen-bond donors (Lipinski definition) is 0. The Bertz CT molecular complexity index is 1250. The van der Waals surface area contributed by atoms with E-state index in [1.54, 1.807) is 0 Å². The van der Waals surface area contributed by atoms with Crippen molar-refractivity contribution in [2.75, 3.05) is 0 Å². The third-order valence-corrected chi connectivity index (χ3v) is 6.29. The first-order chi connectivity index (χ1) is 14.4. The van der Waals surface area contributed by atoms with Crippen LogP contribution in [0.25, 0.3) is 33.4 Å². The Morgan fingerprint density at radius 1 is 0.667 bits per heavy atom. The molecule has 30 heavy (non-hydrogen) atoms. The van der Waals surface area contributed by atoms with Gasteiger partial charge in [-0.25, -0.2) is 0 Å². The first kappa shape index (κ1) is 20.7. The average molecular weight is 430 g/mol. The van der Waals surface area contributed by atoms with E-state index in [0.717, 1.165) is 22.3 Å². The molecule has 4 rings (SSSR count). The van der Waals surface area contributed by atoms with Gasteiger partial charge in [-0.15, -0.1) is 0 Å². The molecule has 0 atom stereocenters. The van der Waals surface area contributed by atoms with E-state index in [4.69, 9.17) is 23.2 Å². The normalized spacial score (nSPS) is 11.0. The molecular formula is C28H23Cl2. The number of halogens is 2. The van der Waals surface area contributed by atoms with Gasteiger partial charge >= 0.3 is 0 Å². The van der Waals surface area contributed by atoms with Crippen molar-refractivity contribution in [2.24, 2.45) is 0 Å². The van der Waals surface area contributed by atoms with Gasteiger partial charge < -0.3 is 0 Å². The molecule has 0 nitrogen and oxygen atoms in total. The Morgan fingerprint density at radius 3 is 2.20 bits per heavy atom. The number of benzene rings is 4. The molecule has 0 saturated carbocycles. The van der Waals surface area contributed by atoms with E-state index in [9.17, 15) is 0 Å². The van der Waals surface area contributed by atoms with Crippen LogP contribution >= 0.6 is 23.2 Å². The second kappa shape index (κ2) is 8.30. The molecule has 0 bridgehead atoms. The highest BCUT2D eigenvalue weighted by atomic mass is 35.5. The van der Waals surface area contributed by atoms with Crippen LogP contribution in [0.15, 0.2) is 66.7 Å². The molecule has 0 saturated heterocycles. The van der Waals surface area contributed by atoms with Gasteiger partial charge in [-0.05, 0) is 90.4 Å². The van der Waals surface area contributed by atoms with Crippen molar-refractivity contribution in [1.29, 1.82) is 0 Å². The fourth-order valence-corrected chi connectivity index (χ4v) is 4.43. The van der Waals surface area contributed by atoms with Gasteiger partial charge in [0.15, 0.2) is 0 Å². The molecule has 0 amide bonds. The van der Waals surface area contributed by atoms with Crippen LogP contribution in [0.5, 0.6) is 0 Å². The highest BCUT2D eigenvalue weighted by Crippen LogP contribution is 2.46. The zero-order chi connectivity index (χ0) is 21.4. The number of aryl methyl sites for hydroxylation is 3. The average Bonchev–Trinajstić information content (AvgIpc) is 2.72. The Kier molecular flexibility index (Phi) is 5.73. The summed E-state index contributed by atoms with van der Waals surface area (Å²) in [6, 6.07) is 26.2. The highest BCUT2D eigenvalue weighted by molar-refractivity contribution is 6.35. The van der Waals surface area contributed by atoms with Gasteiger partial charge in [-0.3, -0.25) is 0 Å². The molecule has 0 unspecified atom stereocenters. The molecule has 2 heteroatoms. The van der Waals surface area contributed by atoms with Gasteiger partial charge in [0.25, 0.3) is 0 Å². The van der Waals surface area contributed by atoms with Crippen LogP contribution in [0.1, 0.15) is 22.3 Å². The highest BCUT2D eigenvalue weighted by Gasteiger charge is 2.20. The van der Waals surface area contributed by atoms with E-state index in [-0.39, 0.29) is 0 Å². The molecular weight excluding hydrogens is 407 g/mol. The largest absolute Gasteiger partial charge is 0.0843 e. The van der Waals surface area contributed by atoms with Crippen molar-refractivity contribution < 1.29 is 0 Å². The predicted octanol–water partition coefficient (Wildman–Crippen LogP) is 9.03. The summed E-state index contributed by atoms with van der Waals surface area (Å²) in [6.07, 6.45) is 0. The number of hydrogen-bond acceptors (Lipinski definition) is 0. The standard InChI is InChI=1S/C28H23Cl2/c1-17-11-12-19(3)25(15-17)24-13-14-26(30)27(21-8-6-9-22(29)16-21)28(24)23-10-5-7-18(2)20(23)4/h5-13,15-16H,1-4H3. The summed E-state index contributed by atoms with van der Waals surface area (Å²) in [4.78, 5) is 0.